The number of fused-ring (bicyclic) bond motifs is 1. The van der Waals surface area contributed by atoms with Crippen molar-refractivity contribution in [2.75, 3.05) is 13.2 Å². The molecule has 3 rings (SSSR count). The molecular formula is C24H29N3O4. The molecule has 164 valence electrons. The smallest absolute Gasteiger partial charge is 0.261 e. The van der Waals surface area contributed by atoms with Gasteiger partial charge in [0.15, 0.2) is 11.5 Å². The Morgan fingerprint density at radius 2 is 1.81 bits per heavy atom. The van der Waals surface area contributed by atoms with Crippen molar-refractivity contribution >= 4 is 16.8 Å². The van der Waals surface area contributed by atoms with Crippen LogP contribution >= 0.6 is 0 Å². The highest BCUT2D eigenvalue weighted by molar-refractivity contribution is 5.78. The molecule has 0 bridgehead atoms. The number of carbonyl (C=O) groups is 1. The van der Waals surface area contributed by atoms with Crippen molar-refractivity contribution in [3.05, 3.63) is 64.2 Å². The summed E-state index contributed by atoms with van der Waals surface area (Å²) in [4.78, 5) is 29.6. The average Bonchev–Trinajstić information content (AvgIpc) is 2.76. The SMILES string of the molecule is CCOc1ccc([C@H](C)NC(=O)CCc2nc3ccccc3c(=O)n2C)cc1OCC. The second-order valence-corrected chi connectivity index (χ2v) is 7.27. The minimum atomic E-state index is -0.198. The molecule has 0 aliphatic carbocycles. The van der Waals surface area contributed by atoms with Crippen LogP contribution in [0.15, 0.2) is 47.3 Å². The van der Waals surface area contributed by atoms with Crippen LogP contribution in [0.1, 0.15) is 44.6 Å². The van der Waals surface area contributed by atoms with Gasteiger partial charge >= 0.3 is 0 Å². The van der Waals surface area contributed by atoms with Gasteiger partial charge in [0.05, 0.1) is 30.2 Å². The number of hydrogen-bond donors (Lipinski definition) is 1. The predicted octanol–water partition coefficient (Wildman–Crippen LogP) is 3.54. The van der Waals surface area contributed by atoms with E-state index in [4.69, 9.17) is 9.47 Å². The van der Waals surface area contributed by atoms with Crippen LogP contribution in [0.2, 0.25) is 0 Å². The lowest BCUT2D eigenvalue weighted by Gasteiger charge is -2.18. The molecule has 0 aliphatic rings. The number of aromatic nitrogens is 2. The van der Waals surface area contributed by atoms with Gasteiger partial charge in [0.1, 0.15) is 5.82 Å². The molecule has 2 aromatic carbocycles. The topological polar surface area (TPSA) is 82.5 Å². The van der Waals surface area contributed by atoms with E-state index in [-0.39, 0.29) is 23.9 Å². The number of nitrogens with zero attached hydrogens (tertiary/aromatic N) is 2. The normalized spacial score (nSPS) is 11.9. The first-order chi connectivity index (χ1) is 14.9. The number of para-hydroxylation sites is 1. The van der Waals surface area contributed by atoms with Crippen LogP contribution in [0.3, 0.4) is 0 Å². The summed E-state index contributed by atoms with van der Waals surface area (Å²) in [5.41, 5.74) is 1.47. The fourth-order valence-corrected chi connectivity index (χ4v) is 3.45. The van der Waals surface area contributed by atoms with Crippen molar-refractivity contribution in [3.8, 4) is 11.5 Å². The standard InChI is InChI=1S/C24H29N3O4/c1-5-30-20-12-11-17(15-21(20)31-6-2)16(3)25-23(28)14-13-22-26-19-10-8-7-9-18(19)24(29)27(22)4/h7-12,15-16H,5-6,13-14H2,1-4H3,(H,25,28)/t16-/m0/s1. The summed E-state index contributed by atoms with van der Waals surface area (Å²) in [6, 6.07) is 12.7. The van der Waals surface area contributed by atoms with Gasteiger partial charge in [0.25, 0.3) is 5.56 Å². The zero-order chi connectivity index (χ0) is 22.4. The maximum atomic E-state index is 12.6. The number of ether oxygens (including phenoxy) is 2. The highest BCUT2D eigenvalue weighted by atomic mass is 16.5. The van der Waals surface area contributed by atoms with Crippen LogP contribution < -0.4 is 20.3 Å². The second kappa shape index (κ2) is 10.1. The van der Waals surface area contributed by atoms with E-state index in [9.17, 15) is 9.59 Å². The van der Waals surface area contributed by atoms with Crippen molar-refractivity contribution < 1.29 is 14.3 Å². The van der Waals surface area contributed by atoms with E-state index in [0.29, 0.717) is 47.9 Å². The first kappa shape index (κ1) is 22.3. The van der Waals surface area contributed by atoms with E-state index in [1.54, 1.807) is 13.1 Å². The Kier molecular flexibility index (Phi) is 7.28. The molecule has 0 radical (unpaired) electrons. The van der Waals surface area contributed by atoms with Crippen LogP contribution in [0.4, 0.5) is 0 Å². The third-order valence-electron chi connectivity index (χ3n) is 5.10. The van der Waals surface area contributed by atoms with E-state index in [1.165, 1.54) is 4.57 Å². The lowest BCUT2D eigenvalue weighted by molar-refractivity contribution is -0.121. The first-order valence-corrected chi connectivity index (χ1v) is 10.6. The molecule has 7 heteroatoms. The summed E-state index contributed by atoms with van der Waals surface area (Å²) in [5, 5.41) is 3.58. The van der Waals surface area contributed by atoms with Crippen molar-refractivity contribution in [2.45, 2.75) is 39.7 Å². The lowest BCUT2D eigenvalue weighted by Crippen LogP contribution is -2.28. The maximum absolute atomic E-state index is 12.6. The summed E-state index contributed by atoms with van der Waals surface area (Å²) >= 11 is 0. The van der Waals surface area contributed by atoms with Gasteiger partial charge in [0.2, 0.25) is 5.91 Å². The number of hydrogen-bond acceptors (Lipinski definition) is 5. The molecule has 0 saturated heterocycles. The molecule has 0 unspecified atom stereocenters. The number of nitrogens with one attached hydrogen (secondary N) is 1. The zero-order valence-corrected chi connectivity index (χ0v) is 18.5. The minimum absolute atomic E-state index is 0.104. The number of amides is 1. The lowest BCUT2D eigenvalue weighted by atomic mass is 10.1. The summed E-state index contributed by atoms with van der Waals surface area (Å²) in [6.45, 7) is 6.85. The molecule has 0 fully saturated rings. The van der Waals surface area contributed by atoms with Gasteiger partial charge in [-0.15, -0.1) is 0 Å². The Hall–Kier alpha value is -3.35. The molecule has 0 spiro atoms. The Morgan fingerprint density at radius 1 is 1.10 bits per heavy atom. The Bertz CT molecular complexity index is 1120. The van der Waals surface area contributed by atoms with Crippen LogP contribution in [-0.4, -0.2) is 28.7 Å². The number of carbonyl (C=O) groups excluding carboxylic acids is 1. The zero-order valence-electron chi connectivity index (χ0n) is 18.5. The van der Waals surface area contributed by atoms with Crippen molar-refractivity contribution in [1.29, 1.82) is 0 Å². The largest absolute Gasteiger partial charge is 0.490 e. The Balaban J connectivity index is 1.67. The quantitative estimate of drug-likeness (QED) is 0.569. The molecule has 1 heterocycles. The first-order valence-electron chi connectivity index (χ1n) is 10.6. The highest BCUT2D eigenvalue weighted by Crippen LogP contribution is 2.30. The fraction of sp³-hybridized carbons (Fsp3) is 0.375. The molecule has 0 aliphatic heterocycles. The van der Waals surface area contributed by atoms with Crippen LogP contribution in [-0.2, 0) is 18.3 Å². The summed E-state index contributed by atoms with van der Waals surface area (Å²) in [7, 11) is 1.69. The second-order valence-electron chi connectivity index (χ2n) is 7.27. The summed E-state index contributed by atoms with van der Waals surface area (Å²) in [6.07, 6.45) is 0.612. The van der Waals surface area contributed by atoms with Crippen molar-refractivity contribution in [3.63, 3.8) is 0 Å². The molecule has 0 saturated carbocycles. The maximum Gasteiger partial charge on any atom is 0.261 e. The van der Waals surface area contributed by atoms with Crippen molar-refractivity contribution in [1.82, 2.24) is 14.9 Å². The molecule has 1 aromatic heterocycles. The van der Waals surface area contributed by atoms with Gasteiger partial charge in [-0.1, -0.05) is 18.2 Å². The van der Waals surface area contributed by atoms with E-state index in [2.05, 4.69) is 10.3 Å². The van der Waals surface area contributed by atoms with Crippen LogP contribution in [0, 0.1) is 0 Å². The van der Waals surface area contributed by atoms with Gasteiger partial charge in [-0.25, -0.2) is 4.98 Å². The predicted molar refractivity (Wildman–Crippen MR) is 121 cm³/mol. The molecule has 31 heavy (non-hydrogen) atoms. The third-order valence-corrected chi connectivity index (χ3v) is 5.10. The van der Waals surface area contributed by atoms with Crippen LogP contribution in [0.5, 0.6) is 11.5 Å². The van der Waals surface area contributed by atoms with Crippen molar-refractivity contribution in [2.24, 2.45) is 7.05 Å². The van der Waals surface area contributed by atoms with E-state index in [1.807, 2.05) is 57.2 Å². The molecule has 7 nitrogen and oxygen atoms in total. The molecule has 1 amide bonds. The van der Waals surface area contributed by atoms with Gasteiger partial charge < -0.3 is 14.8 Å². The molecule has 3 aromatic rings. The van der Waals surface area contributed by atoms with Crippen LogP contribution in [0.25, 0.3) is 10.9 Å². The third kappa shape index (κ3) is 5.23. The Labute approximate surface area is 182 Å². The average molecular weight is 424 g/mol. The van der Waals surface area contributed by atoms with Gasteiger partial charge in [-0.2, -0.15) is 0 Å². The highest BCUT2D eigenvalue weighted by Gasteiger charge is 2.15. The number of benzene rings is 2. The fourth-order valence-electron chi connectivity index (χ4n) is 3.45. The molecule has 1 atom stereocenters. The minimum Gasteiger partial charge on any atom is -0.490 e. The van der Waals surface area contributed by atoms with E-state index < -0.39 is 0 Å². The summed E-state index contributed by atoms with van der Waals surface area (Å²) < 4.78 is 12.8. The molecular weight excluding hydrogens is 394 g/mol. The number of aryl methyl sites for hydroxylation is 1. The van der Waals surface area contributed by atoms with E-state index >= 15 is 0 Å². The molecule has 1 N–H and O–H groups in total. The van der Waals surface area contributed by atoms with Gasteiger partial charge in [0, 0.05) is 19.9 Å². The monoisotopic (exact) mass is 423 g/mol. The van der Waals surface area contributed by atoms with Gasteiger partial charge in [-0.3, -0.25) is 14.2 Å². The number of rotatable bonds is 9. The van der Waals surface area contributed by atoms with Gasteiger partial charge in [-0.05, 0) is 50.6 Å². The van der Waals surface area contributed by atoms with E-state index in [0.717, 1.165) is 5.56 Å². The Morgan fingerprint density at radius 3 is 2.55 bits per heavy atom. The summed E-state index contributed by atoms with van der Waals surface area (Å²) in [5.74, 6) is 1.83.